The Balaban J connectivity index is 2.23. The zero-order valence-electron chi connectivity index (χ0n) is 12.2. The molecule has 0 fully saturated rings. The van der Waals surface area contributed by atoms with E-state index in [2.05, 4.69) is 10.3 Å². The Morgan fingerprint density at radius 3 is 2.59 bits per heavy atom. The number of aromatic nitrogens is 1. The highest BCUT2D eigenvalue weighted by Gasteiger charge is 2.32. The van der Waals surface area contributed by atoms with Gasteiger partial charge in [-0.05, 0) is 48.7 Å². The summed E-state index contributed by atoms with van der Waals surface area (Å²) in [4.78, 5) is 15.3. The van der Waals surface area contributed by atoms with E-state index in [1.807, 2.05) is 26.0 Å². The fraction of sp³-hybridized carbons (Fsp3) is 0.250. The zero-order valence-corrected chi connectivity index (χ0v) is 12.2. The lowest BCUT2D eigenvalue weighted by Gasteiger charge is -2.10. The first-order valence-electron chi connectivity index (χ1n) is 6.75. The molecule has 1 aromatic carbocycles. The molecule has 0 aliphatic rings. The number of hydrogen-bond acceptors (Lipinski definition) is 2. The number of carbonyl (C=O) groups is 1. The van der Waals surface area contributed by atoms with Crippen molar-refractivity contribution in [2.75, 3.05) is 5.32 Å². The number of hydrogen-bond donors (Lipinski definition) is 1. The van der Waals surface area contributed by atoms with E-state index in [4.69, 9.17) is 0 Å². The minimum atomic E-state index is -4.57. The normalized spacial score (nSPS) is 11.3. The van der Waals surface area contributed by atoms with Gasteiger partial charge in [0.2, 0.25) is 0 Å². The van der Waals surface area contributed by atoms with E-state index in [1.165, 1.54) is 6.07 Å². The van der Waals surface area contributed by atoms with Crippen molar-refractivity contribution in [1.82, 2.24) is 4.98 Å². The monoisotopic (exact) mass is 308 g/mol. The van der Waals surface area contributed by atoms with Gasteiger partial charge in [0.25, 0.3) is 5.91 Å². The first-order chi connectivity index (χ1) is 10.3. The summed E-state index contributed by atoms with van der Waals surface area (Å²) in [6.45, 7) is 3.95. The van der Waals surface area contributed by atoms with Crippen molar-refractivity contribution in [3.63, 3.8) is 0 Å². The third-order valence-corrected chi connectivity index (χ3v) is 3.30. The molecular formula is C16H15F3N2O. The average Bonchev–Trinajstić information content (AvgIpc) is 2.48. The number of benzene rings is 1. The molecule has 0 aliphatic carbocycles. The molecule has 1 aromatic heterocycles. The van der Waals surface area contributed by atoms with Crippen molar-refractivity contribution >= 4 is 11.6 Å². The second-order valence-electron chi connectivity index (χ2n) is 4.88. The van der Waals surface area contributed by atoms with Gasteiger partial charge in [-0.25, -0.2) is 0 Å². The quantitative estimate of drug-likeness (QED) is 0.922. The van der Waals surface area contributed by atoms with Crippen molar-refractivity contribution in [1.29, 1.82) is 0 Å². The highest BCUT2D eigenvalue weighted by Crippen LogP contribution is 2.28. The van der Waals surface area contributed by atoms with Gasteiger partial charge < -0.3 is 5.32 Å². The topological polar surface area (TPSA) is 42.0 Å². The van der Waals surface area contributed by atoms with Gasteiger partial charge in [-0.1, -0.05) is 13.0 Å². The lowest BCUT2D eigenvalue weighted by Crippen LogP contribution is -2.15. The van der Waals surface area contributed by atoms with Gasteiger partial charge in [0, 0.05) is 17.4 Å². The molecule has 2 aromatic rings. The van der Waals surface area contributed by atoms with Crippen LogP contribution in [-0.4, -0.2) is 10.9 Å². The Morgan fingerprint density at radius 1 is 1.23 bits per heavy atom. The van der Waals surface area contributed by atoms with Crippen LogP contribution >= 0.6 is 0 Å². The number of carbonyl (C=O) groups excluding carboxylic acids is 1. The number of nitrogens with one attached hydrogen (secondary N) is 1. The predicted octanol–water partition coefficient (Wildman–Crippen LogP) is 4.22. The van der Waals surface area contributed by atoms with Crippen molar-refractivity contribution in [2.45, 2.75) is 26.4 Å². The Bertz CT molecular complexity index is 696. The molecule has 2 rings (SSSR count). The Kier molecular flexibility index (Phi) is 4.49. The number of halogens is 3. The van der Waals surface area contributed by atoms with Crippen LogP contribution < -0.4 is 5.32 Å². The van der Waals surface area contributed by atoms with Crippen LogP contribution in [0.25, 0.3) is 0 Å². The molecule has 0 radical (unpaired) electrons. The summed E-state index contributed by atoms with van der Waals surface area (Å²) in [6, 6.07) is 7.39. The van der Waals surface area contributed by atoms with Crippen molar-refractivity contribution in [3.05, 3.63) is 58.9 Å². The SMILES string of the molecule is CCc1cc(NC(=O)c2ccnc(C(F)(F)F)c2)ccc1C. The largest absolute Gasteiger partial charge is 0.433 e. The molecule has 22 heavy (non-hydrogen) atoms. The third kappa shape index (κ3) is 3.63. The van der Waals surface area contributed by atoms with E-state index in [1.54, 1.807) is 6.07 Å². The van der Waals surface area contributed by atoms with E-state index in [0.717, 1.165) is 29.8 Å². The molecule has 0 spiro atoms. The van der Waals surface area contributed by atoms with Crippen LogP contribution in [0.5, 0.6) is 0 Å². The van der Waals surface area contributed by atoms with Crippen LogP contribution in [0.1, 0.15) is 34.1 Å². The van der Waals surface area contributed by atoms with E-state index >= 15 is 0 Å². The van der Waals surface area contributed by atoms with Crippen LogP contribution in [0.4, 0.5) is 18.9 Å². The fourth-order valence-corrected chi connectivity index (χ4v) is 2.06. The van der Waals surface area contributed by atoms with Gasteiger partial charge in [0.05, 0.1) is 0 Å². The number of pyridine rings is 1. The van der Waals surface area contributed by atoms with Crippen molar-refractivity contribution in [2.24, 2.45) is 0 Å². The second-order valence-corrected chi connectivity index (χ2v) is 4.88. The highest BCUT2D eigenvalue weighted by atomic mass is 19.4. The highest BCUT2D eigenvalue weighted by molar-refractivity contribution is 6.04. The molecule has 0 saturated carbocycles. The molecule has 6 heteroatoms. The van der Waals surface area contributed by atoms with Crippen LogP contribution in [0.15, 0.2) is 36.5 Å². The van der Waals surface area contributed by atoms with E-state index < -0.39 is 17.8 Å². The summed E-state index contributed by atoms with van der Waals surface area (Å²) in [6.07, 6.45) is -2.79. The Morgan fingerprint density at radius 2 is 1.95 bits per heavy atom. The van der Waals surface area contributed by atoms with Gasteiger partial charge in [0.1, 0.15) is 5.69 Å². The molecule has 1 heterocycles. The first kappa shape index (κ1) is 16.0. The molecule has 116 valence electrons. The molecule has 3 nitrogen and oxygen atoms in total. The summed E-state index contributed by atoms with van der Waals surface area (Å²) in [5.41, 5.74) is 1.56. The minimum absolute atomic E-state index is 0.0825. The van der Waals surface area contributed by atoms with E-state index in [0.29, 0.717) is 5.69 Å². The Hall–Kier alpha value is -2.37. The maximum absolute atomic E-state index is 12.6. The smallest absolute Gasteiger partial charge is 0.322 e. The molecule has 0 saturated heterocycles. The number of anilines is 1. The number of nitrogens with zero attached hydrogens (tertiary/aromatic N) is 1. The molecule has 1 N–H and O–H groups in total. The van der Waals surface area contributed by atoms with Crippen molar-refractivity contribution < 1.29 is 18.0 Å². The molecule has 0 atom stereocenters. The van der Waals surface area contributed by atoms with Crippen LogP contribution in [0, 0.1) is 6.92 Å². The van der Waals surface area contributed by atoms with Crippen LogP contribution in [-0.2, 0) is 12.6 Å². The maximum atomic E-state index is 12.6. The van der Waals surface area contributed by atoms with Gasteiger partial charge in [0.15, 0.2) is 0 Å². The summed E-state index contributed by atoms with van der Waals surface area (Å²) in [7, 11) is 0. The number of aryl methyl sites for hydroxylation is 2. The van der Waals surface area contributed by atoms with Crippen LogP contribution in [0.3, 0.4) is 0 Å². The molecule has 0 unspecified atom stereocenters. The van der Waals surface area contributed by atoms with E-state index in [-0.39, 0.29) is 5.56 Å². The molecular weight excluding hydrogens is 293 g/mol. The van der Waals surface area contributed by atoms with Gasteiger partial charge in [-0.3, -0.25) is 9.78 Å². The van der Waals surface area contributed by atoms with Gasteiger partial charge in [-0.2, -0.15) is 13.2 Å². The maximum Gasteiger partial charge on any atom is 0.433 e. The summed E-state index contributed by atoms with van der Waals surface area (Å²) in [5.74, 6) is -0.598. The van der Waals surface area contributed by atoms with Gasteiger partial charge in [-0.15, -0.1) is 0 Å². The summed E-state index contributed by atoms with van der Waals surface area (Å²) in [5, 5.41) is 2.60. The van der Waals surface area contributed by atoms with E-state index in [9.17, 15) is 18.0 Å². The summed E-state index contributed by atoms with van der Waals surface area (Å²) < 4.78 is 37.8. The molecule has 0 bridgehead atoms. The summed E-state index contributed by atoms with van der Waals surface area (Å²) >= 11 is 0. The third-order valence-electron chi connectivity index (χ3n) is 3.30. The van der Waals surface area contributed by atoms with Crippen molar-refractivity contribution in [3.8, 4) is 0 Å². The first-order valence-corrected chi connectivity index (χ1v) is 6.75. The second kappa shape index (κ2) is 6.17. The fourth-order valence-electron chi connectivity index (χ4n) is 2.06. The van der Waals surface area contributed by atoms with Gasteiger partial charge >= 0.3 is 6.18 Å². The molecule has 0 aliphatic heterocycles. The van der Waals surface area contributed by atoms with Crippen LogP contribution in [0.2, 0.25) is 0 Å². The average molecular weight is 308 g/mol. The Labute approximate surface area is 126 Å². The zero-order chi connectivity index (χ0) is 16.3. The lowest BCUT2D eigenvalue weighted by atomic mass is 10.1. The standard InChI is InChI=1S/C16H15F3N2O/c1-3-11-8-13(5-4-10(11)2)21-15(22)12-6-7-20-14(9-12)16(17,18)19/h4-9H,3H2,1-2H3,(H,21,22). The minimum Gasteiger partial charge on any atom is -0.322 e. The number of rotatable bonds is 3. The number of alkyl halides is 3. The predicted molar refractivity (Wildman–Crippen MR) is 77.7 cm³/mol. The number of amides is 1. The molecule has 1 amide bonds. The lowest BCUT2D eigenvalue weighted by molar-refractivity contribution is -0.141.